The lowest BCUT2D eigenvalue weighted by Crippen LogP contribution is -2.31. The average molecular weight is 431 g/mol. The maximum atomic E-state index is 12.6. The summed E-state index contributed by atoms with van der Waals surface area (Å²) in [6.07, 6.45) is 6.77. The van der Waals surface area contributed by atoms with Crippen LogP contribution in [0.4, 0.5) is 0 Å². The van der Waals surface area contributed by atoms with Crippen LogP contribution in [0.5, 0.6) is 5.75 Å². The number of methoxy groups -OCH3 is 1. The lowest BCUT2D eigenvalue weighted by molar-refractivity contribution is -0.123. The van der Waals surface area contributed by atoms with Crippen LogP contribution in [0.15, 0.2) is 41.7 Å². The number of H-pyrrole nitrogens is 1. The Morgan fingerprint density at radius 3 is 2.86 bits per heavy atom. The topological polar surface area (TPSA) is 87.3 Å². The lowest BCUT2D eigenvalue weighted by Gasteiger charge is -2.14. The largest absolute Gasteiger partial charge is 0.497 e. The van der Waals surface area contributed by atoms with Gasteiger partial charge in [0.2, 0.25) is 5.91 Å². The second-order valence-electron chi connectivity index (χ2n) is 6.39. The van der Waals surface area contributed by atoms with Gasteiger partial charge in [-0.1, -0.05) is 36.1 Å². The fourth-order valence-corrected chi connectivity index (χ4v) is 4.10. The summed E-state index contributed by atoms with van der Waals surface area (Å²) in [5.41, 5.74) is 1.88. The van der Waals surface area contributed by atoms with E-state index in [-0.39, 0.29) is 11.8 Å². The van der Waals surface area contributed by atoms with E-state index in [1.54, 1.807) is 24.5 Å². The van der Waals surface area contributed by atoms with E-state index in [9.17, 15) is 9.59 Å². The molecule has 9 heteroatoms. The van der Waals surface area contributed by atoms with Gasteiger partial charge >= 0.3 is 0 Å². The molecule has 1 aromatic carbocycles. The van der Waals surface area contributed by atoms with Gasteiger partial charge in [-0.25, -0.2) is 4.98 Å². The van der Waals surface area contributed by atoms with Gasteiger partial charge in [0.25, 0.3) is 5.91 Å². The molecule has 0 saturated carbocycles. The molecule has 0 atom stereocenters. The minimum atomic E-state index is -0.115. The van der Waals surface area contributed by atoms with Gasteiger partial charge in [-0.3, -0.25) is 14.5 Å². The first-order valence-electron chi connectivity index (χ1n) is 9.20. The summed E-state index contributed by atoms with van der Waals surface area (Å²) in [6.45, 7) is 0.977. The Morgan fingerprint density at radius 1 is 1.38 bits per heavy atom. The molecule has 29 heavy (non-hydrogen) atoms. The van der Waals surface area contributed by atoms with Crippen LogP contribution in [-0.4, -0.2) is 51.2 Å². The molecule has 1 aliphatic rings. The number of carbonyl (C=O) groups excluding carboxylic acids is 2. The van der Waals surface area contributed by atoms with Crippen molar-refractivity contribution in [3.63, 3.8) is 0 Å². The molecule has 0 radical (unpaired) electrons. The minimum absolute atomic E-state index is 0.0382. The van der Waals surface area contributed by atoms with E-state index in [1.807, 2.05) is 30.3 Å². The summed E-state index contributed by atoms with van der Waals surface area (Å²) in [5, 5.41) is 2.87. The van der Waals surface area contributed by atoms with Crippen molar-refractivity contribution in [1.82, 2.24) is 20.2 Å². The maximum absolute atomic E-state index is 12.6. The smallest absolute Gasteiger partial charge is 0.266 e. The Morgan fingerprint density at radius 2 is 2.17 bits per heavy atom. The van der Waals surface area contributed by atoms with Gasteiger partial charge in [-0.2, -0.15) is 0 Å². The predicted octanol–water partition coefficient (Wildman–Crippen LogP) is 2.76. The first-order chi connectivity index (χ1) is 14.1. The zero-order valence-corrected chi connectivity index (χ0v) is 17.6. The Labute approximate surface area is 178 Å². The number of hydrogen-bond donors (Lipinski definition) is 2. The monoisotopic (exact) mass is 430 g/mol. The third-order valence-electron chi connectivity index (χ3n) is 4.34. The molecule has 1 saturated heterocycles. The van der Waals surface area contributed by atoms with E-state index >= 15 is 0 Å². The molecule has 0 aliphatic carbocycles. The normalized spacial score (nSPS) is 15.2. The van der Waals surface area contributed by atoms with Gasteiger partial charge in [0.05, 0.1) is 18.3 Å². The highest BCUT2D eigenvalue weighted by Gasteiger charge is 2.31. The maximum Gasteiger partial charge on any atom is 0.266 e. The molecule has 0 spiro atoms. The molecule has 0 unspecified atom stereocenters. The van der Waals surface area contributed by atoms with Crippen molar-refractivity contribution in [2.45, 2.75) is 19.3 Å². The molecule has 152 valence electrons. The molecule has 2 amide bonds. The van der Waals surface area contributed by atoms with Gasteiger partial charge < -0.3 is 15.0 Å². The number of aromatic amines is 1. The standard InChI is InChI=1S/C20H22N4O3S2/c1-27-16-6-4-14(5-7-16)11-17-19(26)24(20(28)29-17)10-2-3-18(25)22-9-8-15-12-21-13-23-15/h4-7,11-13H,2-3,8-10H2,1H3,(H,21,23)(H,22,25). The second-order valence-corrected chi connectivity index (χ2v) is 8.06. The summed E-state index contributed by atoms with van der Waals surface area (Å²) in [7, 11) is 1.61. The first kappa shape index (κ1) is 21.1. The zero-order valence-electron chi connectivity index (χ0n) is 16.0. The summed E-state index contributed by atoms with van der Waals surface area (Å²) < 4.78 is 5.66. The second kappa shape index (κ2) is 10.2. The number of amides is 2. The number of ether oxygens (including phenoxy) is 1. The molecular weight excluding hydrogens is 408 g/mol. The molecule has 1 aromatic heterocycles. The van der Waals surface area contributed by atoms with E-state index in [1.165, 1.54) is 11.8 Å². The van der Waals surface area contributed by atoms with E-state index < -0.39 is 0 Å². The van der Waals surface area contributed by atoms with Crippen LogP contribution in [0.3, 0.4) is 0 Å². The Hall–Kier alpha value is -2.65. The molecule has 2 aromatic rings. The fraction of sp³-hybridized carbons (Fsp3) is 0.300. The van der Waals surface area contributed by atoms with Crippen molar-refractivity contribution < 1.29 is 14.3 Å². The molecule has 2 heterocycles. The Balaban J connectivity index is 1.44. The fourth-order valence-electron chi connectivity index (χ4n) is 2.79. The number of aromatic nitrogens is 2. The molecule has 1 aliphatic heterocycles. The Kier molecular flexibility index (Phi) is 7.42. The van der Waals surface area contributed by atoms with Crippen LogP contribution in [0, 0.1) is 0 Å². The highest BCUT2D eigenvalue weighted by Crippen LogP contribution is 2.32. The van der Waals surface area contributed by atoms with Crippen molar-refractivity contribution in [3.05, 3.63) is 53.0 Å². The van der Waals surface area contributed by atoms with Crippen LogP contribution >= 0.6 is 24.0 Å². The highest BCUT2D eigenvalue weighted by molar-refractivity contribution is 8.26. The molecule has 2 N–H and O–H groups in total. The molecule has 3 rings (SSSR count). The number of thioether (sulfide) groups is 1. The van der Waals surface area contributed by atoms with E-state index in [0.29, 0.717) is 41.6 Å². The lowest BCUT2D eigenvalue weighted by atomic mass is 10.2. The number of rotatable bonds is 9. The van der Waals surface area contributed by atoms with Gasteiger partial charge in [-0.15, -0.1) is 0 Å². The summed E-state index contributed by atoms with van der Waals surface area (Å²) in [6, 6.07) is 7.47. The number of carbonyl (C=O) groups is 2. The van der Waals surface area contributed by atoms with Crippen LogP contribution in [0.1, 0.15) is 24.1 Å². The van der Waals surface area contributed by atoms with E-state index in [4.69, 9.17) is 17.0 Å². The van der Waals surface area contributed by atoms with Crippen molar-refractivity contribution in [2.75, 3.05) is 20.2 Å². The number of benzene rings is 1. The van der Waals surface area contributed by atoms with Crippen molar-refractivity contribution in [2.24, 2.45) is 0 Å². The van der Waals surface area contributed by atoms with Crippen LogP contribution in [0.25, 0.3) is 6.08 Å². The van der Waals surface area contributed by atoms with E-state index in [0.717, 1.165) is 17.0 Å². The average Bonchev–Trinajstić information content (AvgIpc) is 3.32. The van der Waals surface area contributed by atoms with Gasteiger partial charge in [0.15, 0.2) is 0 Å². The predicted molar refractivity (Wildman–Crippen MR) is 117 cm³/mol. The molecular formula is C20H22N4O3S2. The number of hydrogen-bond acceptors (Lipinski definition) is 6. The number of thiocarbonyl (C=S) groups is 1. The van der Waals surface area contributed by atoms with Crippen molar-refractivity contribution in [1.29, 1.82) is 0 Å². The van der Waals surface area contributed by atoms with Gasteiger partial charge in [0, 0.05) is 37.8 Å². The van der Waals surface area contributed by atoms with Crippen molar-refractivity contribution >= 4 is 46.2 Å². The SMILES string of the molecule is COc1ccc(C=C2SC(=S)N(CCCC(=O)NCCc3cnc[nH]3)C2=O)cc1. The third kappa shape index (κ3) is 5.91. The first-order valence-corrected chi connectivity index (χ1v) is 10.4. The summed E-state index contributed by atoms with van der Waals surface area (Å²) in [4.78, 5) is 33.7. The summed E-state index contributed by atoms with van der Waals surface area (Å²) >= 11 is 6.63. The summed E-state index contributed by atoms with van der Waals surface area (Å²) in [5.74, 6) is 0.608. The van der Waals surface area contributed by atoms with Gasteiger partial charge in [-0.05, 0) is 30.2 Å². The molecule has 7 nitrogen and oxygen atoms in total. The van der Waals surface area contributed by atoms with Crippen molar-refractivity contribution in [3.8, 4) is 5.75 Å². The highest BCUT2D eigenvalue weighted by atomic mass is 32.2. The molecule has 0 bridgehead atoms. The zero-order chi connectivity index (χ0) is 20.6. The Bertz CT molecular complexity index is 895. The van der Waals surface area contributed by atoms with Crippen LogP contribution in [-0.2, 0) is 16.0 Å². The third-order valence-corrected chi connectivity index (χ3v) is 5.72. The number of nitrogens with zero attached hydrogens (tertiary/aromatic N) is 2. The quantitative estimate of drug-likeness (QED) is 0.470. The minimum Gasteiger partial charge on any atom is -0.497 e. The number of imidazole rings is 1. The molecule has 1 fully saturated rings. The van der Waals surface area contributed by atoms with Crippen LogP contribution in [0.2, 0.25) is 0 Å². The van der Waals surface area contributed by atoms with Crippen LogP contribution < -0.4 is 10.1 Å². The van der Waals surface area contributed by atoms with E-state index in [2.05, 4.69) is 15.3 Å². The number of nitrogens with one attached hydrogen (secondary N) is 2. The van der Waals surface area contributed by atoms with Gasteiger partial charge in [0.1, 0.15) is 10.1 Å².